The summed E-state index contributed by atoms with van der Waals surface area (Å²) in [7, 11) is 0. The summed E-state index contributed by atoms with van der Waals surface area (Å²) in [5, 5.41) is 11.5. The van der Waals surface area contributed by atoms with Crippen LogP contribution >= 0.6 is 23.1 Å². The summed E-state index contributed by atoms with van der Waals surface area (Å²) in [6.45, 7) is 4.10. The van der Waals surface area contributed by atoms with E-state index >= 15 is 0 Å². The van der Waals surface area contributed by atoms with E-state index in [1.165, 1.54) is 35.2 Å². The number of aryl methyl sites for hydroxylation is 2. The average molecular weight is 317 g/mol. The molecule has 0 saturated carbocycles. The van der Waals surface area contributed by atoms with Crippen molar-refractivity contribution >= 4 is 39.3 Å². The molecule has 0 aliphatic heterocycles. The number of thiophene rings is 1. The lowest BCUT2D eigenvalue weighted by Crippen LogP contribution is -1.97. The summed E-state index contributed by atoms with van der Waals surface area (Å²) in [5.41, 5.74) is 1.38. The van der Waals surface area contributed by atoms with Gasteiger partial charge in [0.1, 0.15) is 21.2 Å². The molecule has 0 saturated heterocycles. The van der Waals surface area contributed by atoms with Gasteiger partial charge < -0.3 is 5.11 Å². The predicted octanol–water partition coefficient (Wildman–Crippen LogP) is 3.55. The van der Waals surface area contributed by atoms with E-state index in [1.807, 2.05) is 6.92 Å². The summed E-state index contributed by atoms with van der Waals surface area (Å²) < 4.78 is 0. The van der Waals surface area contributed by atoms with Crippen molar-refractivity contribution in [1.29, 1.82) is 0 Å². The van der Waals surface area contributed by atoms with Crippen LogP contribution in [0.3, 0.4) is 0 Å². The maximum atomic E-state index is 11.0. The third kappa shape index (κ3) is 2.62. The Morgan fingerprint density at radius 1 is 1.29 bits per heavy atom. The Morgan fingerprint density at radius 3 is 2.86 bits per heavy atom. The number of hydrogen-bond acceptors (Lipinski definition) is 6. The first-order chi connectivity index (χ1) is 10.1. The largest absolute Gasteiger partial charge is 0.478 e. The molecule has 7 heteroatoms. The summed E-state index contributed by atoms with van der Waals surface area (Å²) in [4.78, 5) is 26.0. The van der Waals surface area contributed by atoms with Crippen molar-refractivity contribution in [2.75, 3.05) is 0 Å². The van der Waals surface area contributed by atoms with Crippen molar-refractivity contribution in [3.8, 4) is 0 Å². The monoisotopic (exact) mass is 317 g/mol. The lowest BCUT2D eigenvalue weighted by Gasteiger charge is -2.03. The summed E-state index contributed by atoms with van der Waals surface area (Å²) in [6.07, 6.45) is 3.02. The van der Waals surface area contributed by atoms with Gasteiger partial charge in [-0.2, -0.15) is 0 Å². The molecule has 0 fully saturated rings. The molecular weight excluding hydrogens is 306 g/mol. The van der Waals surface area contributed by atoms with Gasteiger partial charge >= 0.3 is 5.97 Å². The zero-order valence-electron chi connectivity index (χ0n) is 11.3. The molecule has 0 atom stereocenters. The molecule has 0 spiro atoms. The van der Waals surface area contributed by atoms with Crippen LogP contribution < -0.4 is 0 Å². The molecule has 3 aromatic rings. The van der Waals surface area contributed by atoms with Gasteiger partial charge in [0.05, 0.1) is 5.56 Å². The fourth-order valence-electron chi connectivity index (χ4n) is 1.92. The molecule has 0 radical (unpaired) electrons. The average Bonchev–Trinajstić information content (AvgIpc) is 2.75. The Hall–Kier alpha value is -1.99. The second kappa shape index (κ2) is 5.42. The number of rotatable bonds is 3. The molecule has 0 aliphatic carbocycles. The normalized spacial score (nSPS) is 11.0. The fraction of sp³-hybridized carbons (Fsp3) is 0.143. The Labute approximate surface area is 129 Å². The lowest BCUT2D eigenvalue weighted by atomic mass is 10.2. The third-order valence-corrected chi connectivity index (χ3v) is 5.16. The van der Waals surface area contributed by atoms with Gasteiger partial charge in [-0.3, -0.25) is 0 Å². The van der Waals surface area contributed by atoms with Crippen LogP contribution in [0.25, 0.3) is 10.2 Å². The molecule has 3 rings (SSSR count). The minimum absolute atomic E-state index is 0.219. The topological polar surface area (TPSA) is 76.0 Å². The highest BCUT2D eigenvalue weighted by molar-refractivity contribution is 7.99. The van der Waals surface area contributed by atoms with Crippen LogP contribution in [0.2, 0.25) is 0 Å². The molecule has 106 valence electrons. The first kappa shape index (κ1) is 14.0. The number of fused-ring (bicyclic) bond motifs is 1. The summed E-state index contributed by atoms with van der Waals surface area (Å²) >= 11 is 2.99. The smallest absolute Gasteiger partial charge is 0.335 e. The molecule has 0 amide bonds. The summed E-state index contributed by atoms with van der Waals surface area (Å²) in [6, 6.07) is 3.03. The Morgan fingerprint density at radius 2 is 2.10 bits per heavy atom. The zero-order chi connectivity index (χ0) is 15.0. The van der Waals surface area contributed by atoms with Gasteiger partial charge in [-0.25, -0.2) is 19.7 Å². The molecule has 0 aliphatic rings. The van der Waals surface area contributed by atoms with E-state index in [2.05, 4.69) is 21.9 Å². The molecule has 0 unspecified atom stereocenters. The van der Waals surface area contributed by atoms with Crippen LogP contribution in [0, 0.1) is 13.8 Å². The first-order valence-corrected chi connectivity index (χ1v) is 7.77. The number of carboxylic acids is 1. The number of carbonyl (C=O) groups is 1. The van der Waals surface area contributed by atoms with Crippen molar-refractivity contribution in [2.24, 2.45) is 0 Å². The van der Waals surface area contributed by atoms with E-state index in [1.54, 1.807) is 17.4 Å². The number of aromatic nitrogens is 3. The Bertz CT molecular complexity index is 845. The number of aromatic carboxylic acids is 1. The minimum Gasteiger partial charge on any atom is -0.478 e. The second-order valence-corrected chi connectivity index (χ2v) is 6.64. The first-order valence-electron chi connectivity index (χ1n) is 6.14. The van der Waals surface area contributed by atoms with Crippen molar-refractivity contribution in [1.82, 2.24) is 15.0 Å². The van der Waals surface area contributed by atoms with Gasteiger partial charge in [0, 0.05) is 16.5 Å². The van der Waals surface area contributed by atoms with Crippen LogP contribution in [-0.2, 0) is 0 Å². The Balaban J connectivity index is 2.06. The van der Waals surface area contributed by atoms with Crippen molar-refractivity contribution in [3.05, 3.63) is 40.7 Å². The molecular formula is C14H11N3O2S2. The maximum Gasteiger partial charge on any atom is 0.335 e. The predicted molar refractivity (Wildman–Crippen MR) is 82.2 cm³/mol. The van der Waals surface area contributed by atoms with Crippen molar-refractivity contribution < 1.29 is 9.90 Å². The van der Waals surface area contributed by atoms with Crippen molar-refractivity contribution in [3.63, 3.8) is 0 Å². The number of nitrogens with zero attached hydrogens (tertiary/aromatic N) is 3. The highest BCUT2D eigenvalue weighted by atomic mass is 32.2. The fourth-order valence-corrected chi connectivity index (χ4v) is 3.94. The standard InChI is InChI=1S/C14H11N3O2S2/c1-7-8(2)20-12-11(7)13(17-6-16-12)21-10-5-9(14(18)19)3-4-15-10/h3-6H,1-2H3,(H,18,19). The summed E-state index contributed by atoms with van der Waals surface area (Å²) in [5.74, 6) is -0.963. The highest BCUT2D eigenvalue weighted by Crippen LogP contribution is 2.36. The van der Waals surface area contributed by atoms with E-state index in [0.29, 0.717) is 5.03 Å². The van der Waals surface area contributed by atoms with Gasteiger partial charge in [0.15, 0.2) is 0 Å². The second-order valence-electron chi connectivity index (χ2n) is 4.43. The van der Waals surface area contributed by atoms with E-state index in [-0.39, 0.29) is 5.56 Å². The third-order valence-electron chi connectivity index (χ3n) is 3.11. The van der Waals surface area contributed by atoms with Crippen LogP contribution in [0.1, 0.15) is 20.8 Å². The van der Waals surface area contributed by atoms with E-state index < -0.39 is 5.97 Å². The SMILES string of the molecule is Cc1sc2ncnc(Sc3cc(C(=O)O)ccn3)c2c1C. The maximum absolute atomic E-state index is 11.0. The van der Waals surface area contributed by atoms with Crippen LogP contribution in [-0.4, -0.2) is 26.0 Å². The number of pyridine rings is 1. The van der Waals surface area contributed by atoms with Gasteiger partial charge in [0.2, 0.25) is 0 Å². The number of carboxylic acid groups (broad SMARTS) is 1. The van der Waals surface area contributed by atoms with Gasteiger partial charge in [0.25, 0.3) is 0 Å². The minimum atomic E-state index is -0.963. The molecule has 3 aromatic heterocycles. The van der Waals surface area contributed by atoms with Crippen molar-refractivity contribution in [2.45, 2.75) is 23.9 Å². The molecule has 1 N–H and O–H groups in total. The van der Waals surface area contributed by atoms with E-state index in [0.717, 1.165) is 20.8 Å². The van der Waals surface area contributed by atoms with Crippen LogP contribution in [0.4, 0.5) is 0 Å². The van der Waals surface area contributed by atoms with Crippen LogP contribution in [0.5, 0.6) is 0 Å². The van der Waals surface area contributed by atoms with Gasteiger partial charge in [-0.15, -0.1) is 11.3 Å². The Kier molecular flexibility index (Phi) is 3.60. The van der Waals surface area contributed by atoms with Crippen LogP contribution in [0.15, 0.2) is 34.7 Å². The molecule has 0 bridgehead atoms. The number of hydrogen-bond donors (Lipinski definition) is 1. The highest BCUT2D eigenvalue weighted by Gasteiger charge is 2.14. The van der Waals surface area contributed by atoms with E-state index in [4.69, 9.17) is 5.11 Å². The molecule has 3 heterocycles. The molecule has 0 aromatic carbocycles. The van der Waals surface area contributed by atoms with Gasteiger partial charge in [-0.1, -0.05) is 0 Å². The quantitative estimate of drug-likeness (QED) is 0.744. The lowest BCUT2D eigenvalue weighted by molar-refractivity contribution is 0.0696. The van der Waals surface area contributed by atoms with E-state index in [9.17, 15) is 4.79 Å². The van der Waals surface area contributed by atoms with Gasteiger partial charge in [-0.05, 0) is 43.3 Å². The zero-order valence-corrected chi connectivity index (χ0v) is 13.0. The molecule has 21 heavy (non-hydrogen) atoms. The molecule has 5 nitrogen and oxygen atoms in total.